The zero-order valence-corrected chi connectivity index (χ0v) is 15.9. The van der Waals surface area contributed by atoms with Crippen molar-refractivity contribution in [2.45, 2.75) is 18.9 Å². The van der Waals surface area contributed by atoms with Crippen molar-refractivity contribution in [3.05, 3.63) is 46.7 Å². The van der Waals surface area contributed by atoms with Crippen molar-refractivity contribution in [3.63, 3.8) is 0 Å². The Labute approximate surface area is 157 Å². The maximum Gasteiger partial charge on any atom is 0.319 e. The number of rotatable bonds is 6. The third-order valence-corrected chi connectivity index (χ3v) is 5.44. The van der Waals surface area contributed by atoms with Gasteiger partial charge in [-0.3, -0.25) is 4.79 Å². The first-order valence-electron chi connectivity index (χ1n) is 8.70. The van der Waals surface area contributed by atoms with Crippen LogP contribution in [0.15, 0.2) is 41.8 Å². The monoisotopic (exact) mass is 372 g/mol. The van der Waals surface area contributed by atoms with Crippen LogP contribution < -0.4 is 15.5 Å². The van der Waals surface area contributed by atoms with E-state index in [9.17, 15) is 9.59 Å². The molecular weight excluding hydrogens is 348 g/mol. The first-order chi connectivity index (χ1) is 12.6. The summed E-state index contributed by atoms with van der Waals surface area (Å²) in [6.45, 7) is 1.20. The number of carbonyl (C=O) groups is 2. The number of thiophene rings is 1. The average molecular weight is 372 g/mol. The van der Waals surface area contributed by atoms with Gasteiger partial charge in [-0.25, -0.2) is 4.79 Å². The molecule has 2 heterocycles. The summed E-state index contributed by atoms with van der Waals surface area (Å²) < 4.78 is 0. The van der Waals surface area contributed by atoms with Gasteiger partial charge in [-0.05, 0) is 44.1 Å². The molecule has 3 rings (SSSR count). The number of benzene rings is 1. The van der Waals surface area contributed by atoms with Crippen LogP contribution >= 0.6 is 11.3 Å². The summed E-state index contributed by atoms with van der Waals surface area (Å²) >= 11 is 1.68. The molecule has 2 aromatic rings. The molecule has 0 unspecified atom stereocenters. The molecule has 6 nitrogen and oxygen atoms in total. The minimum atomic E-state index is -0.271. The summed E-state index contributed by atoms with van der Waals surface area (Å²) in [6, 6.07) is 11.4. The number of hydrogen-bond acceptors (Lipinski definition) is 4. The van der Waals surface area contributed by atoms with Crippen molar-refractivity contribution >= 4 is 34.6 Å². The van der Waals surface area contributed by atoms with Gasteiger partial charge >= 0.3 is 6.03 Å². The highest BCUT2D eigenvalue weighted by Crippen LogP contribution is 2.29. The van der Waals surface area contributed by atoms with Crippen LogP contribution in [0.1, 0.15) is 23.8 Å². The van der Waals surface area contributed by atoms with Crippen LogP contribution in [0.4, 0.5) is 16.2 Å². The standard InChI is InChI=1S/C19H24N4O2S/c1-22(2)16(17-9-6-12-26-17)13-20-19(25)21-14-7-3-4-8-15(14)23-11-5-10-18(23)24/h3-4,6-9,12,16H,5,10-11,13H2,1-2H3,(H2,20,21,25)/t16-/m0/s1. The Balaban J connectivity index is 1.64. The zero-order valence-electron chi connectivity index (χ0n) is 15.1. The van der Waals surface area contributed by atoms with E-state index in [1.165, 1.54) is 4.88 Å². The van der Waals surface area contributed by atoms with Gasteiger partial charge in [0.15, 0.2) is 0 Å². The number of carbonyl (C=O) groups excluding carboxylic acids is 2. The molecule has 0 spiro atoms. The van der Waals surface area contributed by atoms with Crippen molar-refractivity contribution in [2.75, 3.05) is 37.4 Å². The lowest BCUT2D eigenvalue weighted by Crippen LogP contribution is -2.37. The number of amides is 3. The quantitative estimate of drug-likeness (QED) is 0.818. The molecule has 1 aliphatic heterocycles. The fraction of sp³-hybridized carbons (Fsp3) is 0.368. The van der Waals surface area contributed by atoms with Gasteiger partial charge in [0.25, 0.3) is 0 Å². The third kappa shape index (κ3) is 4.23. The maximum atomic E-state index is 12.4. The van der Waals surface area contributed by atoms with E-state index >= 15 is 0 Å². The highest BCUT2D eigenvalue weighted by Gasteiger charge is 2.24. The van der Waals surface area contributed by atoms with Crippen molar-refractivity contribution in [3.8, 4) is 0 Å². The number of urea groups is 1. The Kier molecular flexibility index (Phi) is 5.90. The molecule has 138 valence electrons. The fourth-order valence-corrected chi connectivity index (χ4v) is 4.01. The van der Waals surface area contributed by atoms with Gasteiger partial charge in [0.05, 0.1) is 17.4 Å². The summed E-state index contributed by atoms with van der Waals surface area (Å²) in [7, 11) is 4.00. The highest BCUT2D eigenvalue weighted by atomic mass is 32.1. The van der Waals surface area contributed by atoms with Gasteiger partial charge in [-0.2, -0.15) is 0 Å². The van der Waals surface area contributed by atoms with Crippen LogP contribution in [0.2, 0.25) is 0 Å². The van der Waals surface area contributed by atoms with Crippen LogP contribution in [0.3, 0.4) is 0 Å². The van der Waals surface area contributed by atoms with E-state index in [0.29, 0.717) is 25.2 Å². The second kappa shape index (κ2) is 8.33. The number of nitrogens with one attached hydrogen (secondary N) is 2. The first kappa shape index (κ1) is 18.4. The van der Waals surface area contributed by atoms with Gasteiger partial charge in [0.1, 0.15) is 0 Å². The van der Waals surface area contributed by atoms with Gasteiger partial charge in [0, 0.05) is 24.4 Å². The van der Waals surface area contributed by atoms with E-state index in [-0.39, 0.29) is 18.0 Å². The first-order valence-corrected chi connectivity index (χ1v) is 9.58. The van der Waals surface area contributed by atoms with E-state index in [1.54, 1.807) is 16.2 Å². The topological polar surface area (TPSA) is 64.7 Å². The number of likely N-dealkylation sites (N-methyl/N-ethyl adjacent to an activating group) is 1. The average Bonchev–Trinajstić information content (AvgIpc) is 3.27. The SMILES string of the molecule is CN(C)[C@@H](CNC(=O)Nc1ccccc1N1CCCC1=O)c1cccs1. The van der Waals surface area contributed by atoms with Gasteiger partial charge in [-0.15, -0.1) is 11.3 Å². The lowest BCUT2D eigenvalue weighted by atomic mass is 10.2. The molecule has 7 heteroatoms. The minimum absolute atomic E-state index is 0.102. The maximum absolute atomic E-state index is 12.4. The molecule has 0 saturated carbocycles. The van der Waals surface area contributed by atoms with Gasteiger partial charge in [0.2, 0.25) is 5.91 Å². The van der Waals surface area contributed by atoms with Gasteiger partial charge < -0.3 is 20.4 Å². The molecule has 1 fully saturated rings. The third-order valence-electron chi connectivity index (χ3n) is 4.47. The number of nitrogens with zero attached hydrogens (tertiary/aromatic N) is 2. The fourth-order valence-electron chi connectivity index (χ4n) is 3.09. The van der Waals surface area contributed by atoms with E-state index in [2.05, 4.69) is 21.6 Å². The molecule has 1 aromatic heterocycles. The van der Waals surface area contributed by atoms with Crippen molar-refractivity contribution in [1.29, 1.82) is 0 Å². The normalized spacial score (nSPS) is 15.3. The molecule has 1 atom stereocenters. The Morgan fingerprint density at radius 3 is 2.73 bits per heavy atom. The molecule has 1 aromatic carbocycles. The highest BCUT2D eigenvalue weighted by molar-refractivity contribution is 7.10. The number of anilines is 2. The number of para-hydroxylation sites is 2. The Morgan fingerprint density at radius 2 is 2.08 bits per heavy atom. The van der Waals surface area contributed by atoms with E-state index < -0.39 is 0 Å². The molecule has 2 N–H and O–H groups in total. The van der Waals surface area contributed by atoms with Crippen molar-refractivity contribution < 1.29 is 9.59 Å². The number of hydrogen-bond donors (Lipinski definition) is 2. The summed E-state index contributed by atoms with van der Waals surface area (Å²) in [5.74, 6) is 0.102. The minimum Gasteiger partial charge on any atom is -0.336 e. The van der Waals surface area contributed by atoms with E-state index in [4.69, 9.17) is 0 Å². The molecular formula is C19H24N4O2S. The Bertz CT molecular complexity index is 761. The molecule has 0 aliphatic carbocycles. The second-order valence-corrected chi connectivity index (χ2v) is 7.48. The summed E-state index contributed by atoms with van der Waals surface area (Å²) in [5.41, 5.74) is 1.41. The lowest BCUT2D eigenvalue weighted by Gasteiger charge is -2.24. The van der Waals surface area contributed by atoms with Crippen LogP contribution in [0.25, 0.3) is 0 Å². The predicted octanol–water partition coefficient (Wildman–Crippen LogP) is 3.30. The Morgan fingerprint density at radius 1 is 1.27 bits per heavy atom. The van der Waals surface area contributed by atoms with Crippen LogP contribution in [-0.2, 0) is 4.79 Å². The molecule has 0 bridgehead atoms. The van der Waals surface area contributed by atoms with E-state index in [1.807, 2.05) is 49.8 Å². The smallest absolute Gasteiger partial charge is 0.319 e. The summed E-state index contributed by atoms with van der Waals surface area (Å²) in [4.78, 5) is 29.5. The molecule has 3 amide bonds. The van der Waals surface area contributed by atoms with E-state index in [0.717, 1.165) is 12.1 Å². The molecule has 1 saturated heterocycles. The summed E-state index contributed by atoms with van der Waals surface area (Å²) in [6.07, 6.45) is 1.41. The van der Waals surface area contributed by atoms with Crippen LogP contribution in [0, 0.1) is 0 Å². The van der Waals surface area contributed by atoms with Crippen molar-refractivity contribution in [2.24, 2.45) is 0 Å². The molecule has 1 aliphatic rings. The largest absolute Gasteiger partial charge is 0.336 e. The Hall–Kier alpha value is -2.38. The van der Waals surface area contributed by atoms with Gasteiger partial charge in [-0.1, -0.05) is 18.2 Å². The molecule has 26 heavy (non-hydrogen) atoms. The van der Waals surface area contributed by atoms with Crippen LogP contribution in [-0.4, -0.2) is 44.0 Å². The van der Waals surface area contributed by atoms with Crippen LogP contribution in [0.5, 0.6) is 0 Å². The lowest BCUT2D eigenvalue weighted by molar-refractivity contribution is -0.117. The van der Waals surface area contributed by atoms with Crippen molar-refractivity contribution in [1.82, 2.24) is 10.2 Å². The summed E-state index contributed by atoms with van der Waals surface area (Å²) in [5, 5.41) is 7.87. The predicted molar refractivity (Wildman–Crippen MR) is 106 cm³/mol. The molecule has 0 radical (unpaired) electrons. The zero-order chi connectivity index (χ0) is 18.5. The second-order valence-electron chi connectivity index (χ2n) is 6.50.